The molecular weight excluding hydrogens is 360 g/mol. The minimum atomic E-state index is -0.406. The molecule has 2 heterocycles. The van der Waals surface area contributed by atoms with Gasteiger partial charge in [-0.3, -0.25) is 14.6 Å². The molecular formula is C21H22N2O5. The zero-order chi connectivity index (χ0) is 19.5. The lowest BCUT2D eigenvalue weighted by Crippen LogP contribution is -2.52. The van der Waals surface area contributed by atoms with Gasteiger partial charge in [0.05, 0.1) is 26.9 Å². The first-order valence-electron chi connectivity index (χ1n) is 9.23. The van der Waals surface area contributed by atoms with Crippen molar-refractivity contribution in [3.05, 3.63) is 59.7 Å². The van der Waals surface area contributed by atoms with Gasteiger partial charge in [0.25, 0.3) is 0 Å². The highest BCUT2D eigenvalue weighted by Crippen LogP contribution is 2.29. The SMILES string of the molecule is COc1ccc(CN2C(=O)CCN(c3cccc(C4OCCO4)c3)C2=O)cc1. The molecule has 146 valence electrons. The van der Waals surface area contributed by atoms with Gasteiger partial charge in [-0.15, -0.1) is 0 Å². The van der Waals surface area contributed by atoms with Gasteiger partial charge in [-0.25, -0.2) is 4.79 Å². The van der Waals surface area contributed by atoms with Crippen LogP contribution in [0, 0.1) is 0 Å². The first-order valence-corrected chi connectivity index (χ1v) is 9.23. The molecule has 2 aliphatic heterocycles. The van der Waals surface area contributed by atoms with Crippen LogP contribution in [0.25, 0.3) is 0 Å². The summed E-state index contributed by atoms with van der Waals surface area (Å²) in [5.74, 6) is 0.561. The summed E-state index contributed by atoms with van der Waals surface area (Å²) in [5.41, 5.74) is 2.46. The molecule has 2 saturated heterocycles. The van der Waals surface area contributed by atoms with Gasteiger partial charge in [-0.1, -0.05) is 24.3 Å². The van der Waals surface area contributed by atoms with Crippen molar-refractivity contribution in [2.24, 2.45) is 0 Å². The molecule has 3 amide bonds. The van der Waals surface area contributed by atoms with Crippen LogP contribution in [0.5, 0.6) is 5.75 Å². The van der Waals surface area contributed by atoms with Crippen molar-refractivity contribution in [1.29, 1.82) is 0 Å². The van der Waals surface area contributed by atoms with Gasteiger partial charge in [0.15, 0.2) is 6.29 Å². The van der Waals surface area contributed by atoms with Crippen LogP contribution in [0.4, 0.5) is 10.5 Å². The Hall–Kier alpha value is -2.90. The fourth-order valence-corrected chi connectivity index (χ4v) is 3.39. The average molecular weight is 382 g/mol. The highest BCUT2D eigenvalue weighted by molar-refractivity contribution is 6.05. The van der Waals surface area contributed by atoms with Crippen molar-refractivity contribution >= 4 is 17.6 Å². The fourth-order valence-electron chi connectivity index (χ4n) is 3.39. The molecule has 0 saturated carbocycles. The molecule has 0 aliphatic carbocycles. The van der Waals surface area contributed by atoms with E-state index in [1.54, 1.807) is 12.0 Å². The maximum absolute atomic E-state index is 13.0. The number of hydrogen-bond donors (Lipinski definition) is 0. The Morgan fingerprint density at radius 2 is 1.82 bits per heavy atom. The summed E-state index contributed by atoms with van der Waals surface area (Å²) < 4.78 is 16.2. The zero-order valence-electron chi connectivity index (χ0n) is 15.7. The summed E-state index contributed by atoms with van der Waals surface area (Å²) in [7, 11) is 1.60. The van der Waals surface area contributed by atoms with Crippen LogP contribution < -0.4 is 9.64 Å². The standard InChI is InChI=1S/C21H22N2O5/c1-26-18-7-5-15(6-8-18)14-23-19(24)9-10-22(21(23)25)17-4-2-3-16(13-17)20-27-11-12-28-20/h2-8,13,20H,9-12,14H2,1H3. The molecule has 2 aromatic carbocycles. The van der Waals surface area contributed by atoms with Gasteiger partial charge >= 0.3 is 6.03 Å². The number of rotatable bonds is 5. The van der Waals surface area contributed by atoms with E-state index in [-0.39, 0.29) is 24.9 Å². The number of carbonyl (C=O) groups excluding carboxylic acids is 2. The number of ether oxygens (including phenoxy) is 3. The molecule has 0 unspecified atom stereocenters. The molecule has 7 nitrogen and oxygen atoms in total. The minimum absolute atomic E-state index is 0.171. The van der Waals surface area contributed by atoms with E-state index in [0.29, 0.717) is 19.8 Å². The molecule has 0 atom stereocenters. The van der Waals surface area contributed by atoms with Gasteiger partial charge in [0.2, 0.25) is 5.91 Å². The van der Waals surface area contributed by atoms with Crippen LogP contribution >= 0.6 is 0 Å². The molecule has 0 radical (unpaired) electrons. The maximum atomic E-state index is 13.0. The Labute approximate surface area is 163 Å². The van der Waals surface area contributed by atoms with E-state index in [2.05, 4.69) is 0 Å². The number of imide groups is 1. The number of hydrogen-bond acceptors (Lipinski definition) is 5. The number of methoxy groups -OCH3 is 1. The lowest BCUT2D eigenvalue weighted by Gasteiger charge is -2.34. The van der Waals surface area contributed by atoms with Crippen molar-refractivity contribution in [1.82, 2.24) is 4.90 Å². The highest BCUT2D eigenvalue weighted by atomic mass is 16.7. The predicted molar refractivity (Wildman–Crippen MR) is 102 cm³/mol. The topological polar surface area (TPSA) is 68.3 Å². The van der Waals surface area contributed by atoms with Crippen molar-refractivity contribution in [2.75, 3.05) is 31.8 Å². The summed E-state index contributed by atoms with van der Waals surface area (Å²) in [6, 6.07) is 14.5. The molecule has 2 fully saturated rings. The molecule has 4 rings (SSSR count). The van der Waals surface area contributed by atoms with Gasteiger partial charge in [0.1, 0.15) is 5.75 Å². The molecule has 0 aromatic heterocycles. The van der Waals surface area contributed by atoms with Crippen LogP contribution in [0.3, 0.4) is 0 Å². The van der Waals surface area contributed by atoms with Crippen LogP contribution in [0.15, 0.2) is 48.5 Å². The highest BCUT2D eigenvalue weighted by Gasteiger charge is 2.33. The Morgan fingerprint density at radius 3 is 2.54 bits per heavy atom. The van der Waals surface area contributed by atoms with Crippen molar-refractivity contribution in [3.63, 3.8) is 0 Å². The second-order valence-corrected chi connectivity index (χ2v) is 6.68. The van der Waals surface area contributed by atoms with Crippen LogP contribution in [0.1, 0.15) is 23.8 Å². The summed E-state index contributed by atoms with van der Waals surface area (Å²) >= 11 is 0. The van der Waals surface area contributed by atoms with Crippen molar-refractivity contribution in [2.45, 2.75) is 19.3 Å². The normalized spacial score (nSPS) is 18.0. The average Bonchev–Trinajstić information content (AvgIpc) is 3.27. The van der Waals surface area contributed by atoms with E-state index >= 15 is 0 Å². The smallest absolute Gasteiger partial charge is 0.331 e. The summed E-state index contributed by atoms with van der Waals surface area (Å²) in [4.78, 5) is 28.4. The van der Waals surface area contributed by atoms with Gasteiger partial charge < -0.3 is 14.2 Å². The van der Waals surface area contributed by atoms with Crippen molar-refractivity contribution in [3.8, 4) is 5.75 Å². The largest absolute Gasteiger partial charge is 0.497 e. The van der Waals surface area contributed by atoms with E-state index < -0.39 is 6.29 Å². The Bertz CT molecular complexity index is 861. The summed E-state index contributed by atoms with van der Waals surface area (Å²) in [6.07, 6.45) is -0.125. The van der Waals surface area contributed by atoms with E-state index in [1.807, 2.05) is 48.5 Å². The number of urea groups is 1. The van der Waals surface area contributed by atoms with Crippen molar-refractivity contribution < 1.29 is 23.8 Å². The van der Waals surface area contributed by atoms with E-state index in [1.165, 1.54) is 4.90 Å². The number of benzene rings is 2. The fraction of sp³-hybridized carbons (Fsp3) is 0.333. The molecule has 0 bridgehead atoms. The molecule has 7 heteroatoms. The Morgan fingerprint density at radius 1 is 1.07 bits per heavy atom. The number of carbonyl (C=O) groups is 2. The maximum Gasteiger partial charge on any atom is 0.331 e. The number of amides is 3. The van der Waals surface area contributed by atoms with E-state index in [9.17, 15) is 9.59 Å². The third-order valence-corrected chi connectivity index (χ3v) is 4.89. The summed E-state index contributed by atoms with van der Waals surface area (Å²) in [5, 5.41) is 0. The zero-order valence-corrected chi connectivity index (χ0v) is 15.7. The first-order chi connectivity index (χ1) is 13.7. The van der Waals surface area contributed by atoms with Gasteiger partial charge in [-0.05, 0) is 29.8 Å². The quantitative estimate of drug-likeness (QED) is 0.795. The van der Waals surface area contributed by atoms with Gasteiger partial charge in [-0.2, -0.15) is 0 Å². The van der Waals surface area contributed by atoms with E-state index in [0.717, 1.165) is 22.6 Å². The molecule has 2 aliphatic rings. The Kier molecular flexibility index (Phi) is 5.27. The third-order valence-electron chi connectivity index (χ3n) is 4.89. The lowest BCUT2D eigenvalue weighted by molar-refractivity contribution is -0.129. The van der Waals surface area contributed by atoms with Crippen LogP contribution in [0.2, 0.25) is 0 Å². The van der Waals surface area contributed by atoms with Gasteiger partial charge in [0, 0.05) is 24.2 Å². The lowest BCUT2D eigenvalue weighted by atomic mass is 10.1. The van der Waals surface area contributed by atoms with Crippen LogP contribution in [-0.4, -0.2) is 43.7 Å². The predicted octanol–water partition coefficient (Wildman–Crippen LogP) is 3.10. The Balaban J connectivity index is 1.53. The second-order valence-electron chi connectivity index (χ2n) is 6.68. The summed E-state index contributed by atoms with van der Waals surface area (Å²) in [6.45, 7) is 1.70. The van der Waals surface area contributed by atoms with E-state index in [4.69, 9.17) is 14.2 Å². The molecule has 0 N–H and O–H groups in total. The minimum Gasteiger partial charge on any atom is -0.497 e. The van der Waals surface area contributed by atoms with Crippen LogP contribution in [-0.2, 0) is 20.8 Å². The second kappa shape index (κ2) is 8.00. The number of anilines is 1. The molecule has 28 heavy (non-hydrogen) atoms. The third kappa shape index (κ3) is 3.72. The number of nitrogens with zero attached hydrogens (tertiary/aromatic N) is 2. The molecule has 0 spiro atoms. The molecule has 2 aromatic rings. The first kappa shape index (κ1) is 18.5. The monoisotopic (exact) mass is 382 g/mol.